The van der Waals surface area contributed by atoms with Crippen molar-refractivity contribution in [3.8, 4) is 5.75 Å². The quantitative estimate of drug-likeness (QED) is 0.0678. The molecule has 7 atom stereocenters. The average molecular weight is 760 g/mol. The summed E-state index contributed by atoms with van der Waals surface area (Å²) in [5, 5.41) is 10.9. The van der Waals surface area contributed by atoms with Gasteiger partial charge in [-0.25, -0.2) is 4.79 Å². The van der Waals surface area contributed by atoms with Gasteiger partial charge in [0.2, 0.25) is 0 Å². The molecule has 0 amide bonds. The van der Waals surface area contributed by atoms with E-state index in [1.165, 1.54) is 9.79 Å². The maximum absolute atomic E-state index is 13.3. The van der Waals surface area contributed by atoms with Crippen LogP contribution in [0.2, 0.25) is 0 Å². The van der Waals surface area contributed by atoms with Crippen molar-refractivity contribution in [1.82, 2.24) is 0 Å². The molecule has 2 saturated carbocycles. The van der Waals surface area contributed by atoms with Gasteiger partial charge in [-0.3, -0.25) is 9.59 Å². The molecular formula is C44H55O9S+. The standard InChI is InChI=1S/C44H55O9S/c1-5-44(4,42(48)51-27-31-17-23-38-39(25-31)52-38)29-43(2,3)41(47)50-26-30-16-22-37(36(45)24-30)53-40(46)28-49-32-18-20-35(21-19-32)54(33-12-8-6-9-13-33)34-14-10-7-11-15-34/h6-15,18-21,30-31,36-39,45H,5,16-17,22-29H2,1-4H3/q+1. The number of fused-ring (bicyclic) bond motifs is 1. The first-order chi connectivity index (χ1) is 25.9. The van der Waals surface area contributed by atoms with Crippen molar-refractivity contribution in [2.45, 2.75) is 118 Å². The maximum atomic E-state index is 13.3. The van der Waals surface area contributed by atoms with Gasteiger partial charge in [-0.15, -0.1) is 0 Å². The summed E-state index contributed by atoms with van der Waals surface area (Å²) in [6.45, 7) is 7.66. The Balaban J connectivity index is 0.919. The number of carbonyl (C=O) groups is 3. The zero-order valence-corrected chi connectivity index (χ0v) is 32.8. The Kier molecular flexibility index (Phi) is 13.1. The fourth-order valence-corrected chi connectivity index (χ4v) is 9.90. The lowest BCUT2D eigenvalue weighted by Gasteiger charge is -2.35. The number of ether oxygens (including phenoxy) is 5. The van der Waals surface area contributed by atoms with Crippen LogP contribution in [-0.2, 0) is 44.2 Å². The molecule has 0 bridgehead atoms. The molecule has 6 rings (SSSR count). The molecule has 3 aromatic rings. The normalized spacial score (nSPS) is 24.8. The van der Waals surface area contributed by atoms with Crippen LogP contribution in [0.15, 0.2) is 99.6 Å². The first kappa shape index (κ1) is 39.8. The average Bonchev–Trinajstić information content (AvgIpc) is 3.96. The van der Waals surface area contributed by atoms with E-state index in [1.807, 2.05) is 74.5 Å². The third kappa shape index (κ3) is 10.3. The second kappa shape index (κ2) is 17.7. The number of esters is 3. The second-order valence-corrected chi connectivity index (χ2v) is 18.1. The molecule has 0 aromatic heterocycles. The third-order valence-electron chi connectivity index (χ3n) is 11.2. The number of aliphatic hydroxyl groups excluding tert-OH is 1. The lowest BCUT2D eigenvalue weighted by Crippen LogP contribution is -2.41. The van der Waals surface area contributed by atoms with E-state index in [2.05, 4.69) is 24.3 Å². The smallest absolute Gasteiger partial charge is 0.344 e. The van der Waals surface area contributed by atoms with Crippen molar-refractivity contribution in [2.75, 3.05) is 19.8 Å². The Labute approximate surface area is 322 Å². The molecular weight excluding hydrogens is 705 g/mol. The van der Waals surface area contributed by atoms with Crippen molar-refractivity contribution < 1.29 is 43.2 Å². The van der Waals surface area contributed by atoms with Crippen LogP contribution < -0.4 is 4.74 Å². The van der Waals surface area contributed by atoms with Crippen molar-refractivity contribution in [3.63, 3.8) is 0 Å². The summed E-state index contributed by atoms with van der Waals surface area (Å²) in [5.74, 6) is -0.415. The van der Waals surface area contributed by atoms with Crippen LogP contribution in [0.1, 0.15) is 79.1 Å². The van der Waals surface area contributed by atoms with E-state index >= 15 is 0 Å². The number of benzene rings is 3. The summed E-state index contributed by atoms with van der Waals surface area (Å²) in [6.07, 6.45) is 4.41. The van der Waals surface area contributed by atoms with E-state index in [0.717, 1.165) is 24.2 Å². The minimum Gasteiger partial charge on any atom is -0.482 e. The van der Waals surface area contributed by atoms with E-state index in [1.54, 1.807) is 13.8 Å². The summed E-state index contributed by atoms with van der Waals surface area (Å²) < 4.78 is 28.6. The monoisotopic (exact) mass is 759 g/mol. The van der Waals surface area contributed by atoms with E-state index in [4.69, 9.17) is 23.7 Å². The van der Waals surface area contributed by atoms with E-state index in [0.29, 0.717) is 62.6 Å². The van der Waals surface area contributed by atoms with Crippen LogP contribution >= 0.6 is 0 Å². The third-order valence-corrected chi connectivity index (χ3v) is 13.4. The fourth-order valence-electron chi connectivity index (χ4n) is 7.81. The topological polar surface area (TPSA) is 121 Å². The lowest BCUT2D eigenvalue weighted by molar-refractivity contribution is -0.166. The molecule has 1 N–H and O–H groups in total. The van der Waals surface area contributed by atoms with Crippen molar-refractivity contribution in [1.29, 1.82) is 0 Å². The van der Waals surface area contributed by atoms with Gasteiger partial charge in [-0.05, 0) is 133 Å². The minimum absolute atomic E-state index is 0.0752. The Bertz CT molecular complexity index is 1660. The highest BCUT2D eigenvalue weighted by Crippen LogP contribution is 2.42. The van der Waals surface area contributed by atoms with Gasteiger partial charge < -0.3 is 28.8 Å². The summed E-state index contributed by atoms with van der Waals surface area (Å²) >= 11 is 0. The van der Waals surface area contributed by atoms with E-state index in [-0.39, 0.29) is 42.0 Å². The first-order valence-corrected chi connectivity index (χ1v) is 20.6. The molecule has 7 unspecified atom stereocenters. The highest BCUT2D eigenvalue weighted by atomic mass is 32.2. The van der Waals surface area contributed by atoms with Crippen LogP contribution in [0, 0.1) is 22.7 Å². The van der Waals surface area contributed by atoms with Gasteiger partial charge in [0.25, 0.3) is 0 Å². The van der Waals surface area contributed by atoms with Crippen LogP contribution in [-0.4, -0.2) is 67.3 Å². The van der Waals surface area contributed by atoms with Gasteiger partial charge >= 0.3 is 17.9 Å². The number of hydrogen-bond acceptors (Lipinski definition) is 9. The van der Waals surface area contributed by atoms with Gasteiger partial charge in [0.15, 0.2) is 21.3 Å². The molecule has 0 radical (unpaired) electrons. The minimum atomic E-state index is -0.915. The highest BCUT2D eigenvalue weighted by molar-refractivity contribution is 7.97. The van der Waals surface area contributed by atoms with E-state index in [9.17, 15) is 19.5 Å². The lowest BCUT2D eigenvalue weighted by atomic mass is 9.72. The van der Waals surface area contributed by atoms with Crippen molar-refractivity contribution in [3.05, 3.63) is 84.9 Å². The van der Waals surface area contributed by atoms with Gasteiger partial charge in [0.05, 0.1) is 53.3 Å². The van der Waals surface area contributed by atoms with Crippen molar-refractivity contribution in [2.24, 2.45) is 22.7 Å². The molecule has 1 aliphatic heterocycles. The van der Waals surface area contributed by atoms with Gasteiger partial charge in [-0.1, -0.05) is 43.3 Å². The first-order valence-electron chi connectivity index (χ1n) is 19.4. The number of rotatable bonds is 16. The highest BCUT2D eigenvalue weighted by Gasteiger charge is 2.46. The number of hydrogen-bond donors (Lipinski definition) is 1. The Morgan fingerprint density at radius 2 is 1.31 bits per heavy atom. The molecule has 290 valence electrons. The number of carbonyl (C=O) groups excluding carboxylic acids is 3. The van der Waals surface area contributed by atoms with Crippen LogP contribution in [0.3, 0.4) is 0 Å². The summed E-state index contributed by atoms with van der Waals surface area (Å²) in [6, 6.07) is 28.5. The molecule has 3 aromatic carbocycles. The Morgan fingerprint density at radius 1 is 0.741 bits per heavy atom. The number of epoxide rings is 1. The van der Waals surface area contributed by atoms with Crippen LogP contribution in [0.25, 0.3) is 0 Å². The summed E-state index contributed by atoms with van der Waals surface area (Å²) in [4.78, 5) is 42.8. The summed E-state index contributed by atoms with van der Waals surface area (Å²) in [5.41, 5.74) is -1.74. The molecule has 10 heteroatoms. The van der Waals surface area contributed by atoms with Gasteiger partial charge in [-0.2, -0.15) is 0 Å². The van der Waals surface area contributed by atoms with Crippen molar-refractivity contribution >= 4 is 28.8 Å². The van der Waals surface area contributed by atoms with E-state index < -0.39 is 29.0 Å². The van der Waals surface area contributed by atoms with Gasteiger partial charge in [0.1, 0.15) is 11.9 Å². The molecule has 1 heterocycles. The Hall–Kier alpha value is -3.86. The second-order valence-electron chi connectivity index (χ2n) is 16.0. The molecule has 0 spiro atoms. The molecule has 3 fully saturated rings. The molecule has 3 aliphatic rings. The zero-order chi connectivity index (χ0) is 38.3. The van der Waals surface area contributed by atoms with Gasteiger partial charge in [0, 0.05) is 0 Å². The fraction of sp³-hybridized carbons (Fsp3) is 0.523. The van der Waals surface area contributed by atoms with Crippen LogP contribution in [0.5, 0.6) is 5.75 Å². The molecule has 2 aliphatic carbocycles. The maximum Gasteiger partial charge on any atom is 0.344 e. The molecule has 54 heavy (non-hydrogen) atoms. The zero-order valence-electron chi connectivity index (χ0n) is 31.9. The van der Waals surface area contributed by atoms with Crippen LogP contribution in [0.4, 0.5) is 0 Å². The predicted molar refractivity (Wildman–Crippen MR) is 205 cm³/mol. The summed E-state index contributed by atoms with van der Waals surface area (Å²) in [7, 11) is -0.287. The molecule has 9 nitrogen and oxygen atoms in total. The Morgan fingerprint density at radius 3 is 1.91 bits per heavy atom. The SMILES string of the molecule is CCC(C)(CC(C)(C)C(=O)OCC1CCC(OC(=O)COc2ccc([S+](c3ccccc3)c3ccccc3)cc2)C(O)C1)C(=O)OCC1CCC2OC2C1. The molecule has 1 saturated heterocycles. The predicted octanol–water partition coefficient (Wildman–Crippen LogP) is 7.72. The largest absolute Gasteiger partial charge is 0.482 e. The number of aliphatic hydroxyl groups is 1.